The third kappa shape index (κ3) is 6.78. The molecule has 7 atom stereocenters. The Bertz CT molecular complexity index is 515. The van der Waals surface area contributed by atoms with Gasteiger partial charge in [0.15, 0.2) is 0 Å². The van der Waals surface area contributed by atoms with E-state index in [-0.39, 0.29) is 40.4 Å². The number of rotatable bonds is 12. The zero-order valence-electron chi connectivity index (χ0n) is 16.0. The van der Waals surface area contributed by atoms with Crippen LogP contribution in [0, 0.1) is 16.7 Å². The van der Waals surface area contributed by atoms with E-state index < -0.39 is 12.1 Å². The lowest BCUT2D eigenvalue weighted by atomic mass is 9.88. The first-order valence-corrected chi connectivity index (χ1v) is 11.4. The summed E-state index contributed by atoms with van der Waals surface area (Å²) in [5.74, 6) is -0.472. The fraction of sp³-hybridized carbons (Fsp3) is 0.850. The molecule has 2 aliphatic rings. The molecule has 0 bridgehead atoms. The fourth-order valence-corrected chi connectivity index (χ4v) is 5.23. The fourth-order valence-electron chi connectivity index (χ4n) is 4.32. The normalized spacial score (nSPS) is 32.5. The molecule has 1 heterocycles. The van der Waals surface area contributed by atoms with E-state index >= 15 is 0 Å². The predicted molar refractivity (Wildman–Crippen MR) is 113 cm³/mol. The minimum Gasteiger partial charge on any atom is -0.481 e. The van der Waals surface area contributed by atoms with Crippen molar-refractivity contribution in [1.82, 2.24) is 0 Å². The van der Waals surface area contributed by atoms with Crippen molar-refractivity contribution in [3.05, 3.63) is 17.1 Å². The average Bonchev–Trinajstić information content (AvgIpc) is 3.17. The van der Waals surface area contributed by atoms with Gasteiger partial charge >= 0.3 is 5.97 Å². The summed E-state index contributed by atoms with van der Waals surface area (Å²) in [5.41, 5.74) is 0. The van der Waals surface area contributed by atoms with Crippen LogP contribution in [0.5, 0.6) is 0 Å². The third-order valence-corrected chi connectivity index (χ3v) is 7.24. The first-order chi connectivity index (χ1) is 13.0. The highest BCUT2D eigenvalue weighted by Gasteiger charge is 2.50. The zero-order valence-corrected chi connectivity index (χ0v) is 18.2. The Balaban J connectivity index is 1.88. The number of hydrogen-bond acceptors (Lipinski definition) is 5. The molecule has 7 heteroatoms. The molecule has 2 fully saturated rings. The van der Waals surface area contributed by atoms with Crippen LogP contribution in [0.25, 0.3) is 0 Å². The smallest absolute Gasteiger partial charge is 0.303 e. The third-order valence-electron chi connectivity index (χ3n) is 5.81. The molecule has 1 saturated heterocycles. The van der Waals surface area contributed by atoms with Gasteiger partial charge in [-0.05, 0) is 31.6 Å². The maximum absolute atomic E-state index is 11.3. The summed E-state index contributed by atoms with van der Waals surface area (Å²) in [4.78, 5) is 21.9. The summed E-state index contributed by atoms with van der Waals surface area (Å²) in [5, 5.41) is 22.2. The van der Waals surface area contributed by atoms with Gasteiger partial charge in [-0.15, -0.1) is 0 Å². The van der Waals surface area contributed by atoms with Crippen LogP contribution >= 0.6 is 22.6 Å². The SMILES string of the molecule is CCCCC[C@H](O)/C=C/[C@@H]1[C@H]2CC(C(I)CCCC(=O)O)O[C@H]2C[C@H]1N=O. The topological polar surface area (TPSA) is 96.2 Å². The molecule has 27 heavy (non-hydrogen) atoms. The van der Waals surface area contributed by atoms with Crippen molar-refractivity contribution >= 4 is 28.6 Å². The standard InChI is InChI=1S/C20H32INO5/c1-2-3-4-6-13(23)9-10-14-15-11-19(16(21)7-5-8-20(24)25)27-18(15)12-17(14)22-26/h9-10,13-19,23H,2-8,11-12H2,1H3,(H,24,25)/b10-9+/t13-,14+,15+,16?,17+,18-,19?/m0/s1. The van der Waals surface area contributed by atoms with E-state index in [1.165, 1.54) is 0 Å². The monoisotopic (exact) mass is 493 g/mol. The van der Waals surface area contributed by atoms with E-state index in [0.717, 1.165) is 38.5 Å². The van der Waals surface area contributed by atoms with Crippen LogP contribution in [0.15, 0.2) is 17.3 Å². The molecule has 6 nitrogen and oxygen atoms in total. The predicted octanol–water partition coefficient (Wildman–Crippen LogP) is 4.47. The van der Waals surface area contributed by atoms with Gasteiger partial charge in [0, 0.05) is 22.7 Å². The number of alkyl halides is 1. The first-order valence-electron chi connectivity index (χ1n) is 10.2. The largest absolute Gasteiger partial charge is 0.481 e. The average molecular weight is 493 g/mol. The summed E-state index contributed by atoms with van der Waals surface area (Å²) in [6.45, 7) is 2.14. The Hall–Kier alpha value is -0.540. The van der Waals surface area contributed by atoms with Gasteiger partial charge in [0.25, 0.3) is 0 Å². The highest BCUT2D eigenvalue weighted by molar-refractivity contribution is 14.1. The Kier molecular flexibility index (Phi) is 9.65. The highest BCUT2D eigenvalue weighted by Crippen LogP contribution is 2.47. The van der Waals surface area contributed by atoms with Crippen molar-refractivity contribution in [2.24, 2.45) is 17.0 Å². The lowest BCUT2D eigenvalue weighted by Crippen LogP contribution is -2.24. The molecule has 1 saturated carbocycles. The second-order valence-corrected chi connectivity index (χ2v) is 9.45. The van der Waals surface area contributed by atoms with Gasteiger partial charge in [-0.1, -0.05) is 66.1 Å². The molecular formula is C20H32INO5. The van der Waals surface area contributed by atoms with Crippen LogP contribution in [-0.2, 0) is 9.53 Å². The van der Waals surface area contributed by atoms with Crippen molar-refractivity contribution in [3.63, 3.8) is 0 Å². The Morgan fingerprint density at radius 1 is 1.30 bits per heavy atom. The molecule has 0 spiro atoms. The number of ether oxygens (including phenoxy) is 1. The number of nitrogens with zero attached hydrogens (tertiary/aromatic N) is 1. The summed E-state index contributed by atoms with van der Waals surface area (Å²) >= 11 is 2.36. The van der Waals surface area contributed by atoms with Crippen molar-refractivity contribution in [3.8, 4) is 0 Å². The number of aliphatic hydroxyl groups excluding tert-OH is 1. The van der Waals surface area contributed by atoms with Gasteiger partial charge in [-0.3, -0.25) is 4.79 Å². The zero-order chi connectivity index (χ0) is 19.8. The second-order valence-electron chi connectivity index (χ2n) is 7.85. The number of hydrogen-bond donors (Lipinski definition) is 2. The number of carboxylic acids is 1. The lowest BCUT2D eigenvalue weighted by Gasteiger charge is -2.20. The number of carbonyl (C=O) groups is 1. The molecule has 2 N–H and O–H groups in total. The van der Waals surface area contributed by atoms with E-state index in [1.807, 2.05) is 12.2 Å². The van der Waals surface area contributed by atoms with E-state index in [0.29, 0.717) is 12.8 Å². The molecule has 0 aromatic carbocycles. The summed E-state index contributed by atoms with van der Waals surface area (Å²) in [6.07, 6.45) is 10.7. The van der Waals surface area contributed by atoms with E-state index in [1.54, 1.807) is 0 Å². The highest BCUT2D eigenvalue weighted by atomic mass is 127. The molecule has 2 rings (SSSR count). The van der Waals surface area contributed by atoms with Crippen molar-refractivity contribution in [2.45, 2.75) is 93.0 Å². The Morgan fingerprint density at radius 2 is 2.07 bits per heavy atom. The van der Waals surface area contributed by atoms with Crippen molar-refractivity contribution < 1.29 is 19.7 Å². The minimum atomic E-state index is -0.759. The molecule has 1 aliphatic heterocycles. The van der Waals surface area contributed by atoms with Gasteiger partial charge in [-0.2, -0.15) is 4.91 Å². The minimum absolute atomic E-state index is 0.0287. The molecule has 0 amide bonds. The van der Waals surface area contributed by atoms with Gasteiger partial charge in [0.05, 0.1) is 18.3 Å². The van der Waals surface area contributed by atoms with Crippen LogP contribution in [0.1, 0.15) is 64.7 Å². The number of unbranched alkanes of at least 4 members (excludes halogenated alkanes) is 2. The van der Waals surface area contributed by atoms with E-state index in [9.17, 15) is 14.8 Å². The number of nitroso groups, excluding NO2 is 1. The quantitative estimate of drug-likeness (QED) is 0.138. The number of fused-ring (bicyclic) bond motifs is 1. The van der Waals surface area contributed by atoms with E-state index in [4.69, 9.17) is 9.84 Å². The number of aliphatic hydroxyl groups is 1. The maximum atomic E-state index is 11.3. The van der Waals surface area contributed by atoms with Gasteiger partial charge in [0.1, 0.15) is 6.04 Å². The molecule has 0 aromatic heterocycles. The summed E-state index contributed by atoms with van der Waals surface area (Å²) in [6, 6.07) is -0.278. The van der Waals surface area contributed by atoms with Crippen LogP contribution in [-0.4, -0.2) is 44.5 Å². The van der Waals surface area contributed by atoms with Crippen LogP contribution in [0.3, 0.4) is 0 Å². The van der Waals surface area contributed by atoms with Crippen molar-refractivity contribution in [1.29, 1.82) is 0 Å². The van der Waals surface area contributed by atoms with Gasteiger partial charge < -0.3 is 14.9 Å². The van der Waals surface area contributed by atoms with Crippen LogP contribution in [0.4, 0.5) is 0 Å². The summed E-state index contributed by atoms with van der Waals surface area (Å²) in [7, 11) is 0. The summed E-state index contributed by atoms with van der Waals surface area (Å²) < 4.78 is 6.48. The molecule has 1 aliphatic carbocycles. The van der Waals surface area contributed by atoms with Crippen LogP contribution in [0.2, 0.25) is 0 Å². The van der Waals surface area contributed by atoms with Crippen LogP contribution < -0.4 is 0 Å². The molecule has 0 radical (unpaired) electrons. The Morgan fingerprint density at radius 3 is 2.74 bits per heavy atom. The number of halogens is 1. The molecule has 2 unspecified atom stereocenters. The molecule has 154 valence electrons. The number of aliphatic carboxylic acids is 1. The maximum Gasteiger partial charge on any atom is 0.303 e. The van der Waals surface area contributed by atoms with Crippen molar-refractivity contribution in [2.75, 3.05) is 0 Å². The first kappa shape index (κ1) is 22.7. The molecule has 0 aromatic rings. The van der Waals surface area contributed by atoms with Gasteiger partial charge in [0.2, 0.25) is 0 Å². The second kappa shape index (κ2) is 11.5. The lowest BCUT2D eigenvalue weighted by molar-refractivity contribution is -0.137. The number of carboxylic acid groups (broad SMARTS) is 1. The molecular weight excluding hydrogens is 461 g/mol. The van der Waals surface area contributed by atoms with E-state index in [2.05, 4.69) is 34.7 Å². The van der Waals surface area contributed by atoms with Gasteiger partial charge in [-0.25, -0.2) is 0 Å². The Labute approximate surface area is 175 Å².